The first kappa shape index (κ1) is 27.3. The van der Waals surface area contributed by atoms with E-state index in [9.17, 15) is 9.90 Å². The molecule has 1 saturated heterocycles. The zero-order valence-electron chi connectivity index (χ0n) is 24.3. The van der Waals surface area contributed by atoms with Gasteiger partial charge in [-0.1, -0.05) is 56.3 Å². The van der Waals surface area contributed by atoms with Gasteiger partial charge < -0.3 is 19.6 Å². The Hall–Kier alpha value is -2.89. The highest BCUT2D eigenvalue weighted by atomic mass is 16.5. The molecule has 1 aliphatic heterocycles. The number of β-amino-alcohol motifs (C(OH)–C–C–N with tert-alkyl or cyclic N) is 1. The second-order valence-electron chi connectivity index (χ2n) is 13.1. The number of hydrogen-bond donors (Lipinski definition) is 1. The van der Waals surface area contributed by atoms with Gasteiger partial charge in [0.05, 0.1) is 12.7 Å². The van der Waals surface area contributed by atoms with Crippen LogP contribution in [0.5, 0.6) is 5.75 Å². The van der Waals surface area contributed by atoms with Crippen molar-refractivity contribution in [1.29, 1.82) is 0 Å². The van der Waals surface area contributed by atoms with Crippen molar-refractivity contribution in [2.75, 3.05) is 33.3 Å². The van der Waals surface area contributed by atoms with E-state index in [1.54, 1.807) is 7.11 Å². The zero-order chi connectivity index (χ0) is 27.9. The molecule has 3 atom stereocenters. The van der Waals surface area contributed by atoms with Gasteiger partial charge in [-0.3, -0.25) is 4.79 Å². The summed E-state index contributed by atoms with van der Waals surface area (Å²) in [6.45, 7) is 7.86. The van der Waals surface area contributed by atoms with E-state index in [-0.39, 0.29) is 11.9 Å². The second kappa shape index (κ2) is 10.8. The van der Waals surface area contributed by atoms with E-state index in [0.717, 1.165) is 65.9 Å². The average molecular weight is 541 g/mol. The smallest absolute Gasteiger partial charge is 0.254 e. The summed E-state index contributed by atoms with van der Waals surface area (Å²) in [4.78, 5) is 18.9. The van der Waals surface area contributed by atoms with Crippen molar-refractivity contribution < 1.29 is 14.6 Å². The van der Waals surface area contributed by atoms with E-state index in [4.69, 9.17) is 4.74 Å². The molecule has 3 fully saturated rings. The maximum absolute atomic E-state index is 14.2. The largest absolute Gasteiger partial charge is 0.497 e. The molecule has 3 aromatic carbocycles. The summed E-state index contributed by atoms with van der Waals surface area (Å²) >= 11 is 0. The number of hydrogen-bond acceptors (Lipinski definition) is 4. The SMILES string of the molecule is COc1cccc(C23CCN(CC4CC4)CC2(O)CCC(N(CC(C)C)C(=O)c2ccc4ccccc4c2)C3)c1. The number of aliphatic hydroxyl groups is 1. The van der Waals surface area contributed by atoms with Gasteiger partial charge in [0.25, 0.3) is 5.91 Å². The minimum Gasteiger partial charge on any atom is -0.497 e. The Morgan fingerprint density at radius 2 is 1.82 bits per heavy atom. The minimum atomic E-state index is -0.835. The lowest BCUT2D eigenvalue weighted by molar-refractivity contribution is -0.133. The molecule has 1 amide bonds. The molecule has 1 heterocycles. The molecule has 5 nitrogen and oxygen atoms in total. The maximum Gasteiger partial charge on any atom is 0.254 e. The lowest BCUT2D eigenvalue weighted by Gasteiger charge is -2.59. The molecule has 5 heteroatoms. The fourth-order valence-corrected chi connectivity index (χ4v) is 7.52. The van der Waals surface area contributed by atoms with Crippen LogP contribution in [0.25, 0.3) is 10.8 Å². The fraction of sp³-hybridized carbons (Fsp3) is 0.514. The quantitative estimate of drug-likeness (QED) is 0.365. The molecule has 1 N–H and O–H groups in total. The van der Waals surface area contributed by atoms with E-state index in [1.165, 1.54) is 12.8 Å². The topological polar surface area (TPSA) is 53.0 Å². The molecule has 3 unspecified atom stereocenters. The van der Waals surface area contributed by atoms with Gasteiger partial charge in [0.1, 0.15) is 5.75 Å². The lowest BCUT2D eigenvalue weighted by atomic mass is 9.55. The Balaban J connectivity index is 1.35. The first-order chi connectivity index (χ1) is 19.3. The van der Waals surface area contributed by atoms with E-state index in [2.05, 4.69) is 60.0 Å². The van der Waals surface area contributed by atoms with Crippen molar-refractivity contribution in [2.45, 2.75) is 69.4 Å². The molecule has 3 aliphatic rings. The molecule has 212 valence electrons. The molecule has 6 rings (SSSR count). The number of fused-ring (bicyclic) bond motifs is 2. The number of nitrogens with zero attached hydrogens (tertiary/aromatic N) is 2. The number of amides is 1. The number of likely N-dealkylation sites (tertiary alicyclic amines) is 1. The third kappa shape index (κ3) is 5.14. The number of benzene rings is 3. The van der Waals surface area contributed by atoms with Crippen molar-refractivity contribution >= 4 is 16.7 Å². The van der Waals surface area contributed by atoms with Crippen LogP contribution in [0.4, 0.5) is 0 Å². The van der Waals surface area contributed by atoms with Crippen LogP contribution in [0.3, 0.4) is 0 Å². The third-order valence-corrected chi connectivity index (χ3v) is 9.80. The van der Waals surface area contributed by atoms with Crippen LogP contribution in [-0.4, -0.2) is 65.7 Å². The molecule has 2 aliphatic carbocycles. The normalized spacial score (nSPS) is 27.0. The van der Waals surface area contributed by atoms with Crippen molar-refractivity contribution in [3.05, 3.63) is 77.9 Å². The molecule has 3 aromatic rings. The van der Waals surface area contributed by atoms with Crippen LogP contribution in [0.2, 0.25) is 0 Å². The second-order valence-corrected chi connectivity index (χ2v) is 13.1. The van der Waals surface area contributed by atoms with Gasteiger partial charge in [0.2, 0.25) is 0 Å². The monoisotopic (exact) mass is 540 g/mol. The van der Waals surface area contributed by atoms with Gasteiger partial charge in [-0.05, 0) is 97.5 Å². The summed E-state index contributed by atoms with van der Waals surface area (Å²) < 4.78 is 5.64. The van der Waals surface area contributed by atoms with Crippen molar-refractivity contribution in [1.82, 2.24) is 9.80 Å². The molecular weight excluding hydrogens is 496 g/mol. The molecule has 40 heavy (non-hydrogen) atoms. The number of carbonyl (C=O) groups excluding carboxylic acids is 1. The summed E-state index contributed by atoms with van der Waals surface area (Å²) in [5, 5.41) is 14.8. The predicted octanol–water partition coefficient (Wildman–Crippen LogP) is 6.28. The molecule has 0 bridgehead atoms. The lowest BCUT2D eigenvalue weighted by Crippen LogP contribution is -2.67. The van der Waals surface area contributed by atoms with Crippen LogP contribution in [-0.2, 0) is 5.41 Å². The summed E-state index contributed by atoms with van der Waals surface area (Å²) in [5.41, 5.74) is 0.629. The third-order valence-electron chi connectivity index (χ3n) is 9.80. The van der Waals surface area contributed by atoms with E-state index < -0.39 is 11.0 Å². The summed E-state index contributed by atoms with van der Waals surface area (Å²) in [7, 11) is 1.71. The van der Waals surface area contributed by atoms with Gasteiger partial charge in [-0.25, -0.2) is 0 Å². The van der Waals surface area contributed by atoms with Gasteiger partial charge in [0, 0.05) is 36.7 Å². The first-order valence-corrected chi connectivity index (χ1v) is 15.2. The first-order valence-electron chi connectivity index (χ1n) is 15.2. The van der Waals surface area contributed by atoms with Crippen LogP contribution in [0.15, 0.2) is 66.7 Å². The van der Waals surface area contributed by atoms with Gasteiger partial charge >= 0.3 is 0 Å². The van der Waals surface area contributed by atoms with Crippen LogP contribution < -0.4 is 4.74 Å². The molecule has 0 radical (unpaired) electrons. The Morgan fingerprint density at radius 3 is 2.58 bits per heavy atom. The molecular formula is C35H44N2O3. The Labute approximate surface area is 239 Å². The molecule has 2 saturated carbocycles. The van der Waals surface area contributed by atoms with Gasteiger partial charge in [-0.2, -0.15) is 0 Å². The summed E-state index contributed by atoms with van der Waals surface area (Å²) in [6.07, 6.45) is 5.79. The molecule has 0 aromatic heterocycles. The minimum absolute atomic E-state index is 0.0582. The summed E-state index contributed by atoms with van der Waals surface area (Å²) in [5.74, 6) is 2.06. The fourth-order valence-electron chi connectivity index (χ4n) is 7.52. The average Bonchev–Trinajstić information content (AvgIpc) is 3.79. The number of methoxy groups -OCH3 is 1. The highest BCUT2D eigenvalue weighted by Gasteiger charge is 2.58. The number of carbonyl (C=O) groups is 1. The molecule has 0 spiro atoms. The summed E-state index contributed by atoms with van der Waals surface area (Å²) in [6, 6.07) is 22.7. The van der Waals surface area contributed by atoms with E-state index in [1.807, 2.05) is 30.3 Å². The Morgan fingerprint density at radius 1 is 1.02 bits per heavy atom. The van der Waals surface area contributed by atoms with Crippen molar-refractivity contribution in [3.8, 4) is 5.75 Å². The zero-order valence-corrected chi connectivity index (χ0v) is 24.3. The van der Waals surface area contributed by atoms with Crippen LogP contribution in [0, 0.1) is 11.8 Å². The van der Waals surface area contributed by atoms with E-state index >= 15 is 0 Å². The number of ether oxygens (including phenoxy) is 1. The van der Waals surface area contributed by atoms with Crippen molar-refractivity contribution in [3.63, 3.8) is 0 Å². The maximum atomic E-state index is 14.2. The highest BCUT2D eigenvalue weighted by Crippen LogP contribution is 2.53. The number of piperidine rings is 1. The van der Waals surface area contributed by atoms with Gasteiger partial charge in [0.15, 0.2) is 0 Å². The van der Waals surface area contributed by atoms with Gasteiger partial charge in [-0.15, -0.1) is 0 Å². The van der Waals surface area contributed by atoms with Crippen molar-refractivity contribution in [2.24, 2.45) is 11.8 Å². The number of rotatable bonds is 8. The van der Waals surface area contributed by atoms with E-state index in [0.29, 0.717) is 25.4 Å². The Kier molecular flexibility index (Phi) is 7.39. The Bertz CT molecular complexity index is 1370. The standard InChI is InChI=1S/C35H44N2O3/c1-25(2)22-37(33(38)29-14-13-27-7-4-5-8-28(27)19-29)31-15-16-35(39)24-36(23-26-11-12-26)18-17-34(35,21-31)30-9-6-10-32(20-30)40-3/h4-10,13-14,19-20,25-26,31,39H,11-12,15-18,21-24H2,1-3H3. The van der Waals surface area contributed by atoms with Crippen LogP contribution >= 0.6 is 0 Å². The predicted molar refractivity (Wildman–Crippen MR) is 161 cm³/mol. The highest BCUT2D eigenvalue weighted by molar-refractivity contribution is 5.98. The van der Waals surface area contributed by atoms with Crippen LogP contribution in [0.1, 0.15) is 68.3 Å².